The number of halogens is 1. The number of nitrogens with one attached hydrogen (secondary N) is 1. The zero-order chi connectivity index (χ0) is 11.7. The Balaban J connectivity index is 2.50. The van der Waals surface area contributed by atoms with Crippen LogP contribution in [0.4, 0.5) is 10.1 Å². The Morgan fingerprint density at radius 3 is 2.75 bits per heavy atom. The van der Waals surface area contributed by atoms with E-state index in [1.165, 1.54) is 6.07 Å². The van der Waals surface area contributed by atoms with Crippen LogP contribution in [0.25, 0.3) is 5.57 Å². The topological polar surface area (TPSA) is 64.1 Å². The van der Waals surface area contributed by atoms with Crippen LogP contribution in [0.3, 0.4) is 0 Å². The molecule has 0 amide bonds. The molecule has 1 atom stereocenters. The van der Waals surface area contributed by atoms with Crippen LogP contribution in [-0.2, 0) is 0 Å². The standard InChI is InChI=1S/C12H14FN3/c1-7-4-5-16-12(15)11(7)8-2-3-10(14)9(13)6-8/h2-6,12,16H,14-15H2,1H3. The molecule has 0 radical (unpaired) electrons. The van der Waals surface area contributed by atoms with Gasteiger partial charge in [0.2, 0.25) is 0 Å². The second-order valence-corrected chi connectivity index (χ2v) is 3.81. The summed E-state index contributed by atoms with van der Waals surface area (Å²) in [6, 6.07) is 4.74. The van der Waals surface area contributed by atoms with Crippen LogP contribution in [0.5, 0.6) is 0 Å². The first kappa shape index (κ1) is 10.7. The van der Waals surface area contributed by atoms with Gasteiger partial charge in [-0.25, -0.2) is 4.39 Å². The van der Waals surface area contributed by atoms with E-state index in [2.05, 4.69) is 5.32 Å². The van der Waals surface area contributed by atoms with Crippen LogP contribution < -0.4 is 16.8 Å². The summed E-state index contributed by atoms with van der Waals surface area (Å²) in [7, 11) is 0. The molecule has 84 valence electrons. The van der Waals surface area contributed by atoms with Gasteiger partial charge in [0.05, 0.1) is 5.69 Å². The predicted octanol–water partition coefficient (Wildman–Crippen LogP) is 1.58. The molecule has 1 aliphatic heterocycles. The lowest BCUT2D eigenvalue weighted by molar-refractivity contribution is 0.631. The number of hydrogen-bond acceptors (Lipinski definition) is 3. The first-order valence-electron chi connectivity index (χ1n) is 5.04. The fourth-order valence-electron chi connectivity index (χ4n) is 1.80. The molecule has 1 unspecified atom stereocenters. The number of rotatable bonds is 1. The first-order valence-corrected chi connectivity index (χ1v) is 5.04. The van der Waals surface area contributed by atoms with Crippen LogP contribution in [-0.4, -0.2) is 6.17 Å². The number of dihydropyridines is 1. The molecule has 1 heterocycles. The summed E-state index contributed by atoms with van der Waals surface area (Å²) in [5.41, 5.74) is 14.2. The summed E-state index contributed by atoms with van der Waals surface area (Å²) in [6.07, 6.45) is 3.39. The smallest absolute Gasteiger partial charge is 0.146 e. The van der Waals surface area contributed by atoms with Crippen molar-refractivity contribution in [3.8, 4) is 0 Å². The van der Waals surface area contributed by atoms with Crippen LogP contribution in [0.15, 0.2) is 36.0 Å². The predicted molar refractivity (Wildman–Crippen MR) is 63.7 cm³/mol. The van der Waals surface area contributed by atoms with E-state index in [4.69, 9.17) is 11.5 Å². The lowest BCUT2D eigenvalue weighted by atomic mass is 9.96. The van der Waals surface area contributed by atoms with E-state index in [9.17, 15) is 4.39 Å². The number of nitrogens with two attached hydrogens (primary N) is 2. The molecule has 0 aromatic heterocycles. The average Bonchev–Trinajstić information content (AvgIpc) is 2.23. The van der Waals surface area contributed by atoms with Crippen molar-refractivity contribution in [1.82, 2.24) is 5.32 Å². The quantitative estimate of drug-likeness (QED) is 0.628. The van der Waals surface area contributed by atoms with Crippen molar-refractivity contribution in [2.24, 2.45) is 5.73 Å². The summed E-state index contributed by atoms with van der Waals surface area (Å²) in [5, 5.41) is 2.98. The minimum atomic E-state index is -0.417. The normalized spacial score (nSPS) is 19.8. The van der Waals surface area contributed by atoms with E-state index in [0.29, 0.717) is 0 Å². The lowest BCUT2D eigenvalue weighted by Crippen LogP contribution is -2.37. The monoisotopic (exact) mass is 219 g/mol. The Hall–Kier alpha value is -1.81. The van der Waals surface area contributed by atoms with Crippen molar-refractivity contribution in [2.45, 2.75) is 13.1 Å². The van der Waals surface area contributed by atoms with Gasteiger partial charge in [-0.3, -0.25) is 0 Å². The molecule has 1 aromatic carbocycles. The number of anilines is 1. The molecule has 1 aliphatic rings. The van der Waals surface area contributed by atoms with Gasteiger partial charge < -0.3 is 16.8 Å². The molecule has 16 heavy (non-hydrogen) atoms. The van der Waals surface area contributed by atoms with Gasteiger partial charge in [0.25, 0.3) is 0 Å². The minimum Gasteiger partial charge on any atom is -0.396 e. The van der Waals surface area contributed by atoms with Crippen molar-refractivity contribution in [2.75, 3.05) is 5.73 Å². The molecular weight excluding hydrogens is 205 g/mol. The maximum atomic E-state index is 13.4. The Bertz CT molecular complexity index is 477. The van der Waals surface area contributed by atoms with Gasteiger partial charge in [0.1, 0.15) is 12.0 Å². The second-order valence-electron chi connectivity index (χ2n) is 3.81. The van der Waals surface area contributed by atoms with Crippen LogP contribution in [0, 0.1) is 5.82 Å². The van der Waals surface area contributed by atoms with E-state index in [0.717, 1.165) is 16.7 Å². The third-order valence-corrected chi connectivity index (χ3v) is 2.66. The van der Waals surface area contributed by atoms with Gasteiger partial charge in [-0.15, -0.1) is 0 Å². The molecule has 0 spiro atoms. The first-order chi connectivity index (χ1) is 7.59. The Kier molecular flexibility index (Phi) is 2.66. The highest BCUT2D eigenvalue weighted by Gasteiger charge is 2.16. The minimum absolute atomic E-state index is 0.148. The van der Waals surface area contributed by atoms with Crippen molar-refractivity contribution >= 4 is 11.3 Å². The highest BCUT2D eigenvalue weighted by atomic mass is 19.1. The van der Waals surface area contributed by atoms with Gasteiger partial charge >= 0.3 is 0 Å². The summed E-state index contributed by atoms with van der Waals surface area (Å²) >= 11 is 0. The Labute approximate surface area is 93.6 Å². The van der Waals surface area contributed by atoms with Crippen molar-refractivity contribution in [1.29, 1.82) is 0 Å². The number of hydrogen-bond donors (Lipinski definition) is 3. The van der Waals surface area contributed by atoms with E-state index in [-0.39, 0.29) is 11.9 Å². The maximum Gasteiger partial charge on any atom is 0.146 e. The van der Waals surface area contributed by atoms with Gasteiger partial charge in [-0.05, 0) is 48.0 Å². The molecule has 5 N–H and O–H groups in total. The van der Waals surface area contributed by atoms with Crippen LogP contribution in [0.2, 0.25) is 0 Å². The van der Waals surface area contributed by atoms with E-state index >= 15 is 0 Å². The molecule has 0 aliphatic carbocycles. The zero-order valence-corrected chi connectivity index (χ0v) is 9.00. The van der Waals surface area contributed by atoms with Crippen molar-refractivity contribution in [3.63, 3.8) is 0 Å². The summed E-state index contributed by atoms with van der Waals surface area (Å²) in [5.74, 6) is -0.417. The maximum absolute atomic E-state index is 13.4. The van der Waals surface area contributed by atoms with Gasteiger partial charge in [-0.1, -0.05) is 6.07 Å². The van der Waals surface area contributed by atoms with Gasteiger partial charge in [0.15, 0.2) is 0 Å². The number of nitrogen functional groups attached to an aromatic ring is 1. The van der Waals surface area contributed by atoms with Gasteiger partial charge in [0, 0.05) is 0 Å². The third-order valence-electron chi connectivity index (χ3n) is 2.66. The molecule has 4 heteroatoms. The number of allylic oxidation sites excluding steroid dienone is 2. The summed E-state index contributed by atoms with van der Waals surface area (Å²) in [4.78, 5) is 0. The SMILES string of the molecule is CC1=C(c2ccc(N)c(F)c2)C(N)NC=C1. The lowest BCUT2D eigenvalue weighted by Gasteiger charge is -2.22. The highest BCUT2D eigenvalue weighted by molar-refractivity contribution is 5.75. The molecule has 0 bridgehead atoms. The second kappa shape index (κ2) is 3.98. The Morgan fingerprint density at radius 2 is 2.12 bits per heavy atom. The average molecular weight is 219 g/mol. The molecule has 0 fully saturated rings. The number of benzene rings is 1. The molecular formula is C12H14FN3. The van der Waals surface area contributed by atoms with E-state index in [1.807, 2.05) is 13.0 Å². The van der Waals surface area contributed by atoms with E-state index < -0.39 is 5.82 Å². The fraction of sp³-hybridized carbons (Fsp3) is 0.167. The molecule has 2 rings (SSSR count). The highest BCUT2D eigenvalue weighted by Crippen LogP contribution is 2.25. The van der Waals surface area contributed by atoms with E-state index in [1.54, 1.807) is 18.3 Å². The third kappa shape index (κ3) is 1.79. The van der Waals surface area contributed by atoms with Crippen molar-refractivity contribution < 1.29 is 4.39 Å². The summed E-state index contributed by atoms with van der Waals surface area (Å²) < 4.78 is 13.4. The molecule has 0 saturated carbocycles. The van der Waals surface area contributed by atoms with Crippen LogP contribution >= 0.6 is 0 Å². The largest absolute Gasteiger partial charge is 0.396 e. The summed E-state index contributed by atoms with van der Waals surface area (Å²) in [6.45, 7) is 1.95. The van der Waals surface area contributed by atoms with Crippen molar-refractivity contribution in [3.05, 3.63) is 47.4 Å². The Morgan fingerprint density at radius 1 is 1.38 bits per heavy atom. The molecule has 0 saturated heterocycles. The zero-order valence-electron chi connectivity index (χ0n) is 9.00. The molecule has 1 aromatic rings. The van der Waals surface area contributed by atoms with Gasteiger partial charge in [-0.2, -0.15) is 0 Å². The molecule has 3 nitrogen and oxygen atoms in total. The van der Waals surface area contributed by atoms with Crippen LogP contribution in [0.1, 0.15) is 12.5 Å². The fourth-order valence-corrected chi connectivity index (χ4v) is 1.80.